The highest BCUT2D eigenvalue weighted by atomic mass is 35.5. The van der Waals surface area contributed by atoms with Crippen LogP contribution in [0.15, 0.2) is 48.5 Å². The summed E-state index contributed by atoms with van der Waals surface area (Å²) < 4.78 is 0. The van der Waals surface area contributed by atoms with Gasteiger partial charge in [-0.25, -0.2) is 9.96 Å². The number of hydroxylamine groups is 1. The van der Waals surface area contributed by atoms with Gasteiger partial charge in [0.25, 0.3) is 5.91 Å². The van der Waals surface area contributed by atoms with Crippen LogP contribution in [-0.4, -0.2) is 23.1 Å². The van der Waals surface area contributed by atoms with Gasteiger partial charge in [-0.1, -0.05) is 41.4 Å². The van der Waals surface area contributed by atoms with Gasteiger partial charge in [-0.05, 0) is 30.3 Å². The number of anilines is 2. The van der Waals surface area contributed by atoms with Crippen LogP contribution < -0.4 is 9.96 Å². The summed E-state index contributed by atoms with van der Waals surface area (Å²) in [4.78, 5) is 25.8. The monoisotopic (exact) mass is 350 g/mol. The molecule has 5 nitrogen and oxygen atoms in total. The van der Waals surface area contributed by atoms with Crippen molar-refractivity contribution in [3.05, 3.63) is 58.6 Å². The average Bonchev–Trinajstić information content (AvgIpc) is 2.81. The van der Waals surface area contributed by atoms with Crippen molar-refractivity contribution < 1.29 is 14.8 Å². The molecular formula is C16H12Cl2N2O3. The van der Waals surface area contributed by atoms with E-state index in [0.717, 1.165) is 9.96 Å². The quantitative estimate of drug-likeness (QED) is 0.679. The first-order valence-electron chi connectivity index (χ1n) is 6.83. The van der Waals surface area contributed by atoms with Crippen LogP contribution >= 0.6 is 23.2 Å². The zero-order chi connectivity index (χ0) is 16.6. The van der Waals surface area contributed by atoms with Gasteiger partial charge < -0.3 is 0 Å². The Kier molecular flexibility index (Phi) is 4.26. The van der Waals surface area contributed by atoms with Crippen molar-refractivity contribution in [3.8, 4) is 0 Å². The summed E-state index contributed by atoms with van der Waals surface area (Å²) in [5, 5.41) is 11.7. The Morgan fingerprint density at radius 1 is 1.04 bits per heavy atom. The second kappa shape index (κ2) is 6.20. The Hall–Kier alpha value is -2.08. The first-order valence-corrected chi connectivity index (χ1v) is 7.59. The molecule has 118 valence electrons. The van der Waals surface area contributed by atoms with Gasteiger partial charge in [0.1, 0.15) is 6.04 Å². The molecule has 2 aromatic carbocycles. The van der Waals surface area contributed by atoms with Crippen LogP contribution in [0, 0.1) is 0 Å². The SMILES string of the molecule is O=C1C[C@H](N(O)c2ccccc2)C(=O)N1c1cc(Cl)cc(Cl)c1. The normalized spacial score (nSPS) is 17.7. The lowest BCUT2D eigenvalue weighted by Gasteiger charge is -2.22. The third-order valence-corrected chi connectivity index (χ3v) is 3.98. The second-order valence-corrected chi connectivity index (χ2v) is 5.97. The fraction of sp³-hybridized carbons (Fsp3) is 0.125. The zero-order valence-electron chi connectivity index (χ0n) is 11.8. The Labute approximate surface area is 142 Å². The third kappa shape index (κ3) is 3.03. The van der Waals surface area contributed by atoms with Gasteiger partial charge in [-0.15, -0.1) is 0 Å². The Morgan fingerprint density at radius 2 is 1.65 bits per heavy atom. The number of halogens is 2. The molecule has 3 rings (SSSR count). The van der Waals surface area contributed by atoms with Crippen LogP contribution in [0.5, 0.6) is 0 Å². The van der Waals surface area contributed by atoms with Gasteiger partial charge in [0, 0.05) is 10.0 Å². The summed E-state index contributed by atoms with van der Waals surface area (Å²) in [5.41, 5.74) is 0.728. The van der Waals surface area contributed by atoms with Gasteiger partial charge in [0.2, 0.25) is 5.91 Å². The van der Waals surface area contributed by atoms with Crippen molar-refractivity contribution in [2.45, 2.75) is 12.5 Å². The molecule has 2 amide bonds. The van der Waals surface area contributed by atoms with Crippen molar-refractivity contribution in [1.82, 2.24) is 0 Å². The number of carbonyl (C=O) groups excluding carboxylic acids is 2. The van der Waals surface area contributed by atoms with Gasteiger partial charge in [0.15, 0.2) is 0 Å². The van der Waals surface area contributed by atoms with E-state index in [-0.39, 0.29) is 6.42 Å². The lowest BCUT2D eigenvalue weighted by atomic mass is 10.2. The van der Waals surface area contributed by atoms with Crippen molar-refractivity contribution in [1.29, 1.82) is 0 Å². The number of imide groups is 1. The summed E-state index contributed by atoms with van der Waals surface area (Å²) in [7, 11) is 0. The highest BCUT2D eigenvalue weighted by Crippen LogP contribution is 2.31. The van der Waals surface area contributed by atoms with E-state index in [0.29, 0.717) is 21.4 Å². The molecule has 2 aromatic rings. The number of carbonyl (C=O) groups is 2. The summed E-state index contributed by atoms with van der Waals surface area (Å²) >= 11 is 11.9. The Morgan fingerprint density at radius 3 is 2.26 bits per heavy atom. The molecule has 1 atom stereocenters. The molecule has 0 radical (unpaired) electrons. The predicted octanol–water partition coefficient (Wildman–Crippen LogP) is 3.52. The minimum absolute atomic E-state index is 0.131. The van der Waals surface area contributed by atoms with E-state index in [9.17, 15) is 14.8 Å². The Balaban J connectivity index is 1.91. The maximum absolute atomic E-state index is 12.6. The van der Waals surface area contributed by atoms with Crippen molar-refractivity contribution >= 4 is 46.4 Å². The third-order valence-electron chi connectivity index (χ3n) is 3.54. The fourth-order valence-electron chi connectivity index (χ4n) is 2.51. The molecule has 23 heavy (non-hydrogen) atoms. The maximum atomic E-state index is 12.6. The topological polar surface area (TPSA) is 60.9 Å². The largest absolute Gasteiger partial charge is 0.288 e. The number of nitrogens with zero attached hydrogens (tertiary/aromatic N) is 2. The zero-order valence-corrected chi connectivity index (χ0v) is 13.3. The van der Waals surface area contributed by atoms with Crippen LogP contribution in [-0.2, 0) is 9.59 Å². The van der Waals surface area contributed by atoms with E-state index in [1.807, 2.05) is 0 Å². The molecule has 1 heterocycles. The summed E-state index contributed by atoms with van der Waals surface area (Å²) in [6.45, 7) is 0. The summed E-state index contributed by atoms with van der Waals surface area (Å²) in [6, 6.07) is 12.0. The van der Waals surface area contributed by atoms with E-state index in [1.165, 1.54) is 18.2 Å². The summed E-state index contributed by atoms with van der Waals surface area (Å²) in [5.74, 6) is -0.951. The van der Waals surface area contributed by atoms with E-state index >= 15 is 0 Å². The van der Waals surface area contributed by atoms with E-state index in [4.69, 9.17) is 23.2 Å². The number of hydrogen-bond donors (Lipinski definition) is 1. The highest BCUT2D eigenvalue weighted by molar-refractivity contribution is 6.35. The number of para-hydroxylation sites is 1. The minimum Gasteiger partial charge on any atom is -0.288 e. The van der Waals surface area contributed by atoms with E-state index in [2.05, 4.69) is 0 Å². The molecule has 0 saturated carbocycles. The number of benzene rings is 2. The van der Waals surface area contributed by atoms with Crippen molar-refractivity contribution in [2.75, 3.05) is 9.96 Å². The van der Waals surface area contributed by atoms with Crippen LogP contribution in [0.3, 0.4) is 0 Å². The first-order chi connectivity index (χ1) is 11.0. The highest BCUT2D eigenvalue weighted by Gasteiger charge is 2.43. The molecule has 1 aliphatic rings. The van der Waals surface area contributed by atoms with Gasteiger partial charge in [0.05, 0.1) is 17.8 Å². The molecule has 0 spiro atoms. The maximum Gasteiger partial charge on any atom is 0.259 e. The van der Waals surface area contributed by atoms with Gasteiger partial charge in [-0.3, -0.25) is 14.8 Å². The van der Waals surface area contributed by atoms with Gasteiger partial charge >= 0.3 is 0 Å². The molecule has 1 saturated heterocycles. The van der Waals surface area contributed by atoms with Crippen molar-refractivity contribution in [2.24, 2.45) is 0 Å². The van der Waals surface area contributed by atoms with E-state index in [1.54, 1.807) is 30.3 Å². The van der Waals surface area contributed by atoms with Crippen LogP contribution in [0.4, 0.5) is 11.4 Å². The molecule has 0 unspecified atom stereocenters. The minimum atomic E-state index is -0.984. The smallest absolute Gasteiger partial charge is 0.259 e. The molecule has 1 aliphatic heterocycles. The fourth-order valence-corrected chi connectivity index (χ4v) is 3.02. The number of hydrogen-bond acceptors (Lipinski definition) is 4. The molecule has 1 N–H and O–H groups in total. The molecule has 0 aliphatic carbocycles. The number of rotatable bonds is 3. The average molecular weight is 351 g/mol. The Bertz CT molecular complexity index is 747. The van der Waals surface area contributed by atoms with Crippen LogP contribution in [0.25, 0.3) is 0 Å². The molecule has 0 bridgehead atoms. The van der Waals surface area contributed by atoms with Crippen LogP contribution in [0.2, 0.25) is 10.0 Å². The second-order valence-electron chi connectivity index (χ2n) is 5.10. The number of amides is 2. The summed E-state index contributed by atoms with van der Waals surface area (Å²) in [6.07, 6.45) is -0.131. The molecular weight excluding hydrogens is 339 g/mol. The van der Waals surface area contributed by atoms with Gasteiger partial charge in [-0.2, -0.15) is 0 Å². The van der Waals surface area contributed by atoms with Crippen LogP contribution in [0.1, 0.15) is 6.42 Å². The molecule has 0 aromatic heterocycles. The molecule has 7 heteroatoms. The standard InChI is InChI=1S/C16H12Cl2N2O3/c17-10-6-11(18)8-13(7-10)19-15(21)9-14(16(19)22)20(23)12-4-2-1-3-5-12/h1-8,14,23H,9H2/t14-/m0/s1. The predicted molar refractivity (Wildman–Crippen MR) is 88.1 cm³/mol. The lowest BCUT2D eigenvalue weighted by Crippen LogP contribution is -2.40. The van der Waals surface area contributed by atoms with Crippen molar-refractivity contribution in [3.63, 3.8) is 0 Å². The molecule has 1 fully saturated rings. The lowest BCUT2D eigenvalue weighted by molar-refractivity contribution is -0.121. The first kappa shape index (κ1) is 15.8. The van der Waals surface area contributed by atoms with E-state index < -0.39 is 17.9 Å².